The molecule has 3 saturated heterocycles. The zero-order valence-corrected chi connectivity index (χ0v) is 34.1. The van der Waals surface area contributed by atoms with Gasteiger partial charge in [0.1, 0.15) is 47.6 Å². The smallest absolute Gasteiger partial charge is 0.386 e. The van der Waals surface area contributed by atoms with E-state index in [1.54, 1.807) is 4.57 Å². The molecule has 290 valence electrons. The van der Waals surface area contributed by atoms with Crippen molar-refractivity contribution in [2.45, 2.75) is 94.2 Å². The van der Waals surface area contributed by atoms with E-state index in [0.717, 1.165) is 0 Å². The zero-order valence-electron chi connectivity index (χ0n) is 29.6. The van der Waals surface area contributed by atoms with Crippen molar-refractivity contribution < 1.29 is 46.2 Å². The summed E-state index contributed by atoms with van der Waals surface area (Å²) in [6.45, 7) is 1.04. The second-order valence-corrected chi connectivity index (χ2v) is 25.4. The van der Waals surface area contributed by atoms with Crippen LogP contribution in [0.3, 0.4) is 0 Å². The summed E-state index contributed by atoms with van der Waals surface area (Å²) in [4.78, 5) is 29.3. The minimum Gasteiger partial charge on any atom is -0.408 e. The molecule has 3 aliphatic rings. The Kier molecular flexibility index (Phi) is 9.90. The third-order valence-electron chi connectivity index (χ3n) is 10.5. The molecule has 3 fully saturated rings. The Bertz CT molecular complexity index is 2200. The number of H-pyrrole nitrogens is 1. The number of nitrogens with two attached hydrogens (primary N) is 1. The summed E-state index contributed by atoms with van der Waals surface area (Å²) in [7, 11) is -2.66. The fraction of sp³-hybridized carbons (Fsp3) is 0.643. The van der Waals surface area contributed by atoms with Gasteiger partial charge >= 0.3 is 13.6 Å². The quantitative estimate of drug-likeness (QED) is 0.109. The summed E-state index contributed by atoms with van der Waals surface area (Å²) in [5, 5.41) is 16.9. The topological polar surface area (TPSA) is 252 Å². The highest BCUT2D eigenvalue weighted by Gasteiger charge is 2.63. The van der Waals surface area contributed by atoms with Crippen molar-refractivity contribution >= 4 is 74.4 Å². The number of rotatable bonds is 5. The van der Waals surface area contributed by atoms with Crippen LogP contribution >= 0.6 is 38.1 Å². The van der Waals surface area contributed by atoms with E-state index in [1.165, 1.54) is 36.7 Å². The van der Waals surface area contributed by atoms with Gasteiger partial charge in [0, 0.05) is 6.42 Å². The van der Waals surface area contributed by atoms with Crippen LogP contribution in [0.15, 0.2) is 30.0 Å². The first-order valence-corrected chi connectivity index (χ1v) is 24.8. The Morgan fingerprint density at radius 3 is 2.55 bits per heavy atom. The lowest BCUT2D eigenvalue weighted by molar-refractivity contribution is -0.169. The number of nitrogens with one attached hydrogen (secondary N) is 1. The number of imidazole rings is 2. The van der Waals surface area contributed by atoms with Crippen molar-refractivity contribution in [1.29, 1.82) is 0 Å². The molecule has 0 amide bonds. The molecule has 0 aliphatic carbocycles. The van der Waals surface area contributed by atoms with Crippen molar-refractivity contribution in [2.75, 3.05) is 25.6 Å². The fourth-order valence-corrected chi connectivity index (χ4v) is 11.1. The number of anilines is 1. The Balaban J connectivity index is 1.30. The second kappa shape index (κ2) is 13.5. The van der Waals surface area contributed by atoms with Crippen LogP contribution in [-0.2, 0) is 41.1 Å². The van der Waals surface area contributed by atoms with Gasteiger partial charge in [-0.05, 0) is 25.1 Å². The van der Waals surface area contributed by atoms with E-state index in [2.05, 4.69) is 54.6 Å². The Morgan fingerprint density at radius 2 is 1.83 bits per heavy atom. The molecule has 0 radical (unpaired) electrons. The van der Waals surface area contributed by atoms with E-state index < -0.39 is 89.3 Å². The van der Waals surface area contributed by atoms with E-state index >= 15 is 0 Å². The van der Waals surface area contributed by atoms with Gasteiger partial charge in [-0.3, -0.25) is 32.0 Å². The Hall–Kier alpha value is -2.24. The molecule has 7 rings (SSSR count). The molecule has 9 atom stereocenters. The van der Waals surface area contributed by atoms with Crippen LogP contribution < -0.4 is 11.3 Å². The maximum atomic E-state index is 14.4. The van der Waals surface area contributed by atoms with E-state index in [-0.39, 0.29) is 28.3 Å². The normalized spacial score (nSPS) is 35.9. The maximum absolute atomic E-state index is 14.4. The SMILES string of the molecule is CC(C)(C)[Si](C)(C)O[C@H]1[C@H]2OP(=O)(S)OC[C@@]3(CO)O[C@@H](n4cnc5c(N)ncnc54)C[C@@]3(C)OP(=O)(S)OC[C@H]1O[C@H]2n1cnc2c(=O)[nH]ncc21. The predicted molar refractivity (Wildman–Crippen MR) is 198 cm³/mol. The van der Waals surface area contributed by atoms with Crippen LogP contribution in [0.1, 0.15) is 46.6 Å². The van der Waals surface area contributed by atoms with Crippen LogP contribution in [0.25, 0.3) is 22.2 Å². The number of ether oxygens (including phenoxy) is 2. The number of nitrogens with zero attached hydrogens (tertiary/aromatic N) is 7. The van der Waals surface area contributed by atoms with E-state index in [4.69, 9.17) is 37.7 Å². The van der Waals surface area contributed by atoms with Crippen LogP contribution in [0.4, 0.5) is 5.82 Å². The van der Waals surface area contributed by atoms with Gasteiger partial charge in [-0.1, -0.05) is 45.3 Å². The second-order valence-electron chi connectivity index (χ2n) is 14.9. The minimum atomic E-state index is -4.44. The van der Waals surface area contributed by atoms with Crippen LogP contribution in [0.5, 0.6) is 0 Å². The standard InChI is InChI=1S/C28H41N9O11P2S2Si/c1-26(2,3)53(5,6)47-20-16-9-42-50(41,52)48-27(4)7-17(37-14-33-19-22(29)30-12-31-23(19)37)45-28(27,10-38)11-43-49(40,51)46-21(20)25(44-16)36-13-32-18-15(36)8-34-35-24(18)39/h8,12-14,16-17,20-21,25,38H,7,9-11H2,1-6H3,(H,35,39)(H,40,51)(H,41,52)(H2,29,30,31)/t16-,17-,20-,21-,25-,27-,28-,49?,50?/m1/s1. The van der Waals surface area contributed by atoms with Gasteiger partial charge < -0.3 is 24.7 Å². The largest absolute Gasteiger partial charge is 0.408 e. The molecule has 4 aromatic rings. The van der Waals surface area contributed by atoms with Gasteiger partial charge in [-0.25, -0.2) is 34.2 Å². The van der Waals surface area contributed by atoms with Gasteiger partial charge in [-0.15, -0.1) is 0 Å². The van der Waals surface area contributed by atoms with Crippen molar-refractivity contribution in [3.05, 3.63) is 35.5 Å². The van der Waals surface area contributed by atoms with Crippen LogP contribution in [-0.4, -0.2) is 102 Å². The van der Waals surface area contributed by atoms with Crippen molar-refractivity contribution in [3.8, 4) is 0 Å². The Labute approximate surface area is 314 Å². The number of hydrogen-bond acceptors (Lipinski definition) is 17. The number of hydrogen-bond donors (Lipinski definition) is 5. The molecule has 25 heteroatoms. The van der Waals surface area contributed by atoms with Crippen LogP contribution in [0.2, 0.25) is 18.1 Å². The van der Waals surface area contributed by atoms with E-state index in [0.29, 0.717) is 11.2 Å². The van der Waals surface area contributed by atoms with Crippen molar-refractivity contribution in [2.24, 2.45) is 0 Å². The first kappa shape index (κ1) is 39.0. The highest BCUT2D eigenvalue weighted by molar-refractivity contribution is 8.44. The monoisotopic (exact) mass is 833 g/mol. The fourth-order valence-electron chi connectivity index (χ4n) is 6.48. The average Bonchev–Trinajstić information content (AvgIpc) is 3.82. The van der Waals surface area contributed by atoms with Gasteiger partial charge in [-0.2, -0.15) is 5.10 Å². The number of fused-ring (bicyclic) bond motifs is 5. The molecule has 20 nitrogen and oxygen atoms in total. The van der Waals surface area contributed by atoms with Gasteiger partial charge in [0.25, 0.3) is 5.56 Å². The molecular weight excluding hydrogens is 793 g/mol. The predicted octanol–water partition coefficient (Wildman–Crippen LogP) is 3.76. The molecule has 2 unspecified atom stereocenters. The van der Waals surface area contributed by atoms with Crippen LogP contribution in [0, 0.1) is 0 Å². The average molecular weight is 834 g/mol. The number of aromatic amines is 1. The third kappa shape index (κ3) is 6.95. The number of thiol groups is 2. The summed E-state index contributed by atoms with van der Waals surface area (Å²) in [5.41, 5.74) is 2.90. The number of aromatic nitrogens is 8. The highest BCUT2D eigenvalue weighted by atomic mass is 32.7. The number of aliphatic hydroxyl groups excluding tert-OH is 1. The number of nitrogen functional groups attached to an aromatic ring is 1. The van der Waals surface area contributed by atoms with Crippen molar-refractivity contribution in [1.82, 2.24) is 39.3 Å². The zero-order chi connectivity index (χ0) is 38.4. The molecular formula is C28H41N9O11P2S2Si. The van der Waals surface area contributed by atoms with Gasteiger partial charge in [0.15, 0.2) is 31.5 Å². The summed E-state index contributed by atoms with van der Waals surface area (Å²) >= 11 is 8.73. The summed E-state index contributed by atoms with van der Waals surface area (Å²) in [6.07, 6.45) is -0.0424. The first-order chi connectivity index (χ1) is 24.7. The van der Waals surface area contributed by atoms with Crippen molar-refractivity contribution in [3.63, 3.8) is 0 Å². The molecule has 2 bridgehead atoms. The summed E-state index contributed by atoms with van der Waals surface area (Å²) < 4.78 is 75.8. The summed E-state index contributed by atoms with van der Waals surface area (Å²) in [5.74, 6) is 0.135. The molecule has 53 heavy (non-hydrogen) atoms. The molecule has 7 heterocycles. The number of aliphatic hydroxyl groups is 1. The lowest BCUT2D eigenvalue weighted by Crippen LogP contribution is -2.56. The molecule has 0 spiro atoms. The highest BCUT2D eigenvalue weighted by Crippen LogP contribution is 2.64. The molecule has 0 saturated carbocycles. The van der Waals surface area contributed by atoms with Gasteiger partial charge in [0.2, 0.25) is 0 Å². The maximum Gasteiger partial charge on any atom is 0.386 e. The first-order valence-electron chi connectivity index (χ1n) is 16.5. The van der Waals surface area contributed by atoms with E-state index in [1.807, 2.05) is 33.9 Å². The van der Waals surface area contributed by atoms with E-state index in [9.17, 15) is 19.0 Å². The van der Waals surface area contributed by atoms with Gasteiger partial charge in [0.05, 0.1) is 44.2 Å². The molecule has 3 aliphatic heterocycles. The summed E-state index contributed by atoms with van der Waals surface area (Å²) in [6, 6.07) is 0. The molecule has 4 aromatic heterocycles. The third-order valence-corrected chi connectivity index (χ3v) is 18.2. The molecule has 0 aromatic carbocycles. The Morgan fingerprint density at radius 1 is 1.11 bits per heavy atom. The minimum absolute atomic E-state index is 0.0637. The lowest BCUT2D eigenvalue weighted by atomic mass is 9.85. The molecule has 4 N–H and O–H groups in total. The lowest BCUT2D eigenvalue weighted by Gasteiger charge is -2.41.